The van der Waals surface area contributed by atoms with Gasteiger partial charge >= 0.3 is 0 Å². The van der Waals surface area contributed by atoms with Crippen molar-refractivity contribution in [3.05, 3.63) is 28.2 Å². The van der Waals surface area contributed by atoms with Gasteiger partial charge in [0.25, 0.3) is 0 Å². The Labute approximate surface area is 117 Å². The normalized spacial score (nSPS) is 12.8. The van der Waals surface area contributed by atoms with Crippen molar-refractivity contribution in [2.45, 2.75) is 18.8 Å². The van der Waals surface area contributed by atoms with Gasteiger partial charge in [-0.3, -0.25) is 0 Å². The molecule has 102 valence electrons. The lowest BCUT2D eigenvalue weighted by atomic mass is 10.1. The van der Waals surface area contributed by atoms with E-state index in [0.717, 1.165) is 22.2 Å². The quantitative estimate of drug-likeness (QED) is 0.783. The zero-order chi connectivity index (χ0) is 13.5. The smallest absolute Gasteiger partial charge is 0.172 e. The highest BCUT2D eigenvalue weighted by Crippen LogP contribution is 2.24. The lowest BCUT2D eigenvalue weighted by Gasteiger charge is -2.24. The Kier molecular flexibility index (Phi) is 6.63. The first-order chi connectivity index (χ1) is 8.65. The van der Waals surface area contributed by atoms with Gasteiger partial charge in [0.15, 0.2) is 6.29 Å². The maximum Gasteiger partial charge on any atom is 0.172 e. The van der Waals surface area contributed by atoms with Crippen LogP contribution in [0.25, 0.3) is 0 Å². The van der Waals surface area contributed by atoms with Crippen LogP contribution in [0, 0.1) is 0 Å². The standard InChI is InChI=1S/C13H20BrNO3/c1-15-12(13(17-3)18-4)8-9-7-10(16-2)5-6-11(9)14/h5-7,12-13,15H,8H2,1-4H3. The molecule has 1 aromatic rings. The van der Waals surface area contributed by atoms with Crippen molar-refractivity contribution >= 4 is 15.9 Å². The van der Waals surface area contributed by atoms with Crippen molar-refractivity contribution in [3.63, 3.8) is 0 Å². The van der Waals surface area contributed by atoms with Gasteiger partial charge in [-0.15, -0.1) is 0 Å². The molecule has 0 saturated heterocycles. The first-order valence-electron chi connectivity index (χ1n) is 5.71. The Morgan fingerprint density at radius 2 is 1.89 bits per heavy atom. The third-order valence-electron chi connectivity index (χ3n) is 2.86. The summed E-state index contributed by atoms with van der Waals surface area (Å²) in [7, 11) is 6.83. The lowest BCUT2D eigenvalue weighted by Crippen LogP contribution is -2.41. The van der Waals surface area contributed by atoms with Crippen molar-refractivity contribution < 1.29 is 14.2 Å². The minimum Gasteiger partial charge on any atom is -0.497 e. The molecule has 0 heterocycles. The van der Waals surface area contributed by atoms with Gasteiger partial charge in [0.05, 0.1) is 13.2 Å². The Balaban J connectivity index is 2.86. The second-order valence-electron chi connectivity index (χ2n) is 3.90. The van der Waals surface area contributed by atoms with Crippen molar-refractivity contribution in [1.29, 1.82) is 0 Å². The van der Waals surface area contributed by atoms with E-state index in [0.29, 0.717) is 0 Å². The minimum atomic E-state index is -0.284. The summed E-state index contributed by atoms with van der Waals surface area (Å²) in [5, 5.41) is 3.21. The summed E-state index contributed by atoms with van der Waals surface area (Å²) in [6, 6.07) is 5.99. The summed E-state index contributed by atoms with van der Waals surface area (Å²) in [5.41, 5.74) is 1.15. The number of ether oxygens (including phenoxy) is 3. The van der Waals surface area contributed by atoms with E-state index in [4.69, 9.17) is 14.2 Å². The molecule has 4 nitrogen and oxygen atoms in total. The van der Waals surface area contributed by atoms with Crippen LogP contribution >= 0.6 is 15.9 Å². The Bertz CT molecular complexity index is 369. The zero-order valence-electron chi connectivity index (χ0n) is 11.2. The summed E-state index contributed by atoms with van der Waals surface area (Å²) >= 11 is 3.55. The van der Waals surface area contributed by atoms with E-state index in [2.05, 4.69) is 21.2 Å². The Morgan fingerprint density at radius 3 is 2.39 bits per heavy atom. The third kappa shape index (κ3) is 3.95. The topological polar surface area (TPSA) is 39.7 Å². The molecule has 1 aromatic carbocycles. The summed E-state index contributed by atoms with van der Waals surface area (Å²) in [5.74, 6) is 0.842. The molecule has 0 bridgehead atoms. The van der Waals surface area contributed by atoms with Gasteiger partial charge in [-0.05, 0) is 37.2 Å². The Hall–Kier alpha value is -0.620. The fourth-order valence-electron chi connectivity index (χ4n) is 1.83. The van der Waals surface area contributed by atoms with Crippen LogP contribution in [0.1, 0.15) is 5.56 Å². The molecule has 0 aliphatic heterocycles. The first kappa shape index (κ1) is 15.4. The number of methoxy groups -OCH3 is 3. The molecular formula is C13H20BrNO3. The van der Waals surface area contributed by atoms with Gasteiger partial charge in [-0.25, -0.2) is 0 Å². The highest BCUT2D eigenvalue weighted by molar-refractivity contribution is 9.10. The predicted molar refractivity (Wildman–Crippen MR) is 75.1 cm³/mol. The molecule has 1 atom stereocenters. The first-order valence-corrected chi connectivity index (χ1v) is 6.50. The van der Waals surface area contributed by atoms with Gasteiger partial charge < -0.3 is 19.5 Å². The zero-order valence-corrected chi connectivity index (χ0v) is 12.8. The van der Waals surface area contributed by atoms with Crippen molar-refractivity contribution in [1.82, 2.24) is 5.32 Å². The predicted octanol–water partition coefficient (Wildman–Crippen LogP) is 2.21. The van der Waals surface area contributed by atoms with Crippen molar-refractivity contribution in [3.8, 4) is 5.75 Å². The molecule has 0 aliphatic carbocycles. The van der Waals surface area contributed by atoms with Gasteiger partial charge in [0.2, 0.25) is 0 Å². The molecule has 0 aliphatic rings. The molecule has 1 rings (SSSR count). The summed E-state index contributed by atoms with van der Waals surface area (Å²) < 4.78 is 16.9. The largest absolute Gasteiger partial charge is 0.497 e. The van der Waals surface area contributed by atoms with Crippen LogP contribution < -0.4 is 10.1 Å². The van der Waals surface area contributed by atoms with Crippen LogP contribution in [0.3, 0.4) is 0 Å². The number of halogens is 1. The molecular weight excluding hydrogens is 298 g/mol. The molecule has 0 radical (unpaired) electrons. The molecule has 1 unspecified atom stereocenters. The monoisotopic (exact) mass is 317 g/mol. The number of likely N-dealkylation sites (N-methyl/N-ethyl adjacent to an activating group) is 1. The third-order valence-corrected chi connectivity index (χ3v) is 3.63. The number of benzene rings is 1. The second-order valence-corrected chi connectivity index (χ2v) is 4.75. The summed E-state index contributed by atoms with van der Waals surface area (Å²) in [4.78, 5) is 0. The number of hydrogen-bond acceptors (Lipinski definition) is 4. The van der Waals surface area contributed by atoms with Crippen LogP contribution in [-0.2, 0) is 15.9 Å². The van der Waals surface area contributed by atoms with E-state index >= 15 is 0 Å². The number of nitrogens with one attached hydrogen (secondary N) is 1. The molecule has 18 heavy (non-hydrogen) atoms. The Morgan fingerprint density at radius 1 is 1.22 bits per heavy atom. The van der Waals surface area contributed by atoms with Gasteiger partial charge in [0.1, 0.15) is 5.75 Å². The molecule has 0 amide bonds. The molecule has 0 saturated carbocycles. The molecule has 0 aromatic heterocycles. The van der Waals surface area contributed by atoms with Crippen molar-refractivity contribution in [2.24, 2.45) is 0 Å². The number of hydrogen-bond donors (Lipinski definition) is 1. The average Bonchev–Trinajstić information content (AvgIpc) is 2.40. The fourth-order valence-corrected chi connectivity index (χ4v) is 2.24. The van der Waals surface area contributed by atoms with E-state index < -0.39 is 0 Å². The van der Waals surface area contributed by atoms with Gasteiger partial charge in [-0.2, -0.15) is 0 Å². The van der Waals surface area contributed by atoms with E-state index in [1.807, 2.05) is 25.2 Å². The van der Waals surface area contributed by atoms with Crippen LogP contribution in [0.5, 0.6) is 5.75 Å². The maximum absolute atomic E-state index is 5.29. The fraction of sp³-hybridized carbons (Fsp3) is 0.538. The lowest BCUT2D eigenvalue weighted by molar-refractivity contribution is -0.121. The van der Waals surface area contributed by atoms with E-state index in [-0.39, 0.29) is 12.3 Å². The van der Waals surface area contributed by atoms with Crippen LogP contribution in [0.15, 0.2) is 22.7 Å². The van der Waals surface area contributed by atoms with Crippen LogP contribution in [-0.4, -0.2) is 40.7 Å². The van der Waals surface area contributed by atoms with E-state index in [9.17, 15) is 0 Å². The number of rotatable bonds is 7. The average molecular weight is 318 g/mol. The van der Waals surface area contributed by atoms with E-state index in [1.54, 1.807) is 21.3 Å². The van der Waals surface area contributed by atoms with Crippen LogP contribution in [0.4, 0.5) is 0 Å². The summed E-state index contributed by atoms with van der Waals surface area (Å²) in [6.07, 6.45) is 0.494. The molecule has 5 heteroatoms. The van der Waals surface area contributed by atoms with Gasteiger partial charge in [0, 0.05) is 18.7 Å². The van der Waals surface area contributed by atoms with Crippen LogP contribution in [0.2, 0.25) is 0 Å². The van der Waals surface area contributed by atoms with Crippen molar-refractivity contribution in [2.75, 3.05) is 28.4 Å². The highest BCUT2D eigenvalue weighted by atomic mass is 79.9. The molecule has 0 spiro atoms. The second kappa shape index (κ2) is 7.74. The SMILES string of the molecule is CNC(Cc1cc(OC)ccc1Br)C(OC)OC. The molecule has 1 N–H and O–H groups in total. The highest BCUT2D eigenvalue weighted by Gasteiger charge is 2.20. The van der Waals surface area contributed by atoms with Gasteiger partial charge in [-0.1, -0.05) is 15.9 Å². The molecule has 0 fully saturated rings. The maximum atomic E-state index is 5.29. The summed E-state index contributed by atoms with van der Waals surface area (Å²) in [6.45, 7) is 0. The minimum absolute atomic E-state index is 0.0726. The van der Waals surface area contributed by atoms with E-state index in [1.165, 1.54) is 0 Å².